The van der Waals surface area contributed by atoms with E-state index in [0.717, 1.165) is 30.1 Å². The number of hydrogen-bond acceptors (Lipinski definition) is 5. The molecule has 0 aromatic carbocycles. The van der Waals surface area contributed by atoms with Crippen molar-refractivity contribution in [3.05, 3.63) is 0 Å². The number of halogens is 1. The second-order valence-corrected chi connectivity index (χ2v) is 7.72. The molecule has 0 aromatic heterocycles. The second kappa shape index (κ2) is 7.66. The lowest BCUT2D eigenvalue weighted by Crippen LogP contribution is -2.57. The van der Waals surface area contributed by atoms with Crippen molar-refractivity contribution in [2.45, 2.75) is 75.8 Å². The van der Waals surface area contributed by atoms with Gasteiger partial charge >= 0.3 is 5.97 Å². The van der Waals surface area contributed by atoms with E-state index in [1.165, 1.54) is 7.11 Å². The highest BCUT2D eigenvalue weighted by Crippen LogP contribution is 2.51. The predicted molar refractivity (Wildman–Crippen MR) is 94.3 cm³/mol. The van der Waals surface area contributed by atoms with Gasteiger partial charge in [0.05, 0.1) is 31.0 Å². The molecule has 2 aliphatic heterocycles. The van der Waals surface area contributed by atoms with Crippen LogP contribution in [0.2, 0.25) is 0 Å². The molecule has 2 heterocycles. The van der Waals surface area contributed by atoms with Crippen molar-refractivity contribution in [1.29, 1.82) is 5.26 Å². The molecule has 2 fully saturated rings. The van der Waals surface area contributed by atoms with Gasteiger partial charge in [-0.2, -0.15) is 5.26 Å². The number of fused-ring (bicyclic) bond motifs is 1. The number of hydrogen-bond donors (Lipinski definition) is 0. The van der Waals surface area contributed by atoms with Crippen LogP contribution in [0.1, 0.15) is 52.4 Å². The molecular weight excluding hydrogens is 409 g/mol. The summed E-state index contributed by atoms with van der Waals surface area (Å²) in [4.78, 5) is 11.4. The molecule has 0 radical (unpaired) electrons. The normalized spacial score (nSPS) is 37.7. The van der Waals surface area contributed by atoms with Crippen LogP contribution in [0.3, 0.4) is 0 Å². The van der Waals surface area contributed by atoms with Gasteiger partial charge in [-0.15, -0.1) is 0 Å². The van der Waals surface area contributed by atoms with Crippen LogP contribution in [0.15, 0.2) is 0 Å². The summed E-state index contributed by atoms with van der Waals surface area (Å²) in [5.41, 5.74) is -0.617. The Morgan fingerprint density at radius 1 is 1.48 bits per heavy atom. The van der Waals surface area contributed by atoms with Gasteiger partial charge in [-0.1, -0.05) is 22.6 Å². The molecule has 0 saturated carbocycles. The van der Waals surface area contributed by atoms with E-state index < -0.39 is 0 Å². The van der Waals surface area contributed by atoms with E-state index in [1.54, 1.807) is 0 Å². The molecule has 6 heteroatoms. The molecule has 1 unspecified atom stereocenters. The van der Waals surface area contributed by atoms with Crippen LogP contribution in [0, 0.1) is 17.2 Å². The number of carbonyl (C=O) groups excluding carboxylic acids is 1. The molecular formula is C17H26INO4. The van der Waals surface area contributed by atoms with E-state index in [2.05, 4.69) is 35.6 Å². The first-order valence-corrected chi connectivity index (χ1v) is 9.78. The Bertz CT molecular complexity index is 480. The predicted octanol–water partition coefficient (Wildman–Crippen LogP) is 3.39. The summed E-state index contributed by atoms with van der Waals surface area (Å²) < 4.78 is 18.4. The Balaban J connectivity index is 2.04. The standard InChI is InChI=1S/C17H26INO4/c1-12(10-19)8-13-6-7-16(2)17(11-18,23-13)9-14(22-16)4-5-15(20)21-3/h12-14H,4-9,11H2,1-3H3/t12-,13-,14?,16+,17-/m1/s1. The highest BCUT2D eigenvalue weighted by atomic mass is 127. The Labute approximate surface area is 152 Å². The third-order valence-electron chi connectivity index (χ3n) is 5.23. The highest BCUT2D eigenvalue weighted by molar-refractivity contribution is 14.1. The zero-order chi connectivity index (χ0) is 17.1. The minimum Gasteiger partial charge on any atom is -0.469 e. The first kappa shape index (κ1) is 18.9. The van der Waals surface area contributed by atoms with Crippen LogP contribution in [-0.2, 0) is 19.0 Å². The number of nitrogens with zero attached hydrogens (tertiary/aromatic N) is 1. The molecule has 5 nitrogen and oxygen atoms in total. The fourth-order valence-electron chi connectivity index (χ4n) is 3.76. The summed E-state index contributed by atoms with van der Waals surface area (Å²) in [6, 6.07) is 2.30. The third kappa shape index (κ3) is 3.99. The second-order valence-electron chi connectivity index (χ2n) is 6.96. The fourth-order valence-corrected chi connectivity index (χ4v) is 5.05. The van der Waals surface area contributed by atoms with Crippen molar-refractivity contribution >= 4 is 28.6 Å². The first-order valence-electron chi connectivity index (χ1n) is 8.26. The minimum atomic E-state index is -0.313. The molecule has 5 atom stereocenters. The smallest absolute Gasteiger partial charge is 0.305 e. The van der Waals surface area contributed by atoms with Gasteiger partial charge in [-0.05, 0) is 39.5 Å². The Morgan fingerprint density at radius 3 is 2.83 bits per heavy atom. The van der Waals surface area contributed by atoms with Crippen molar-refractivity contribution in [3.63, 3.8) is 0 Å². The van der Waals surface area contributed by atoms with Crippen LogP contribution >= 0.6 is 22.6 Å². The largest absolute Gasteiger partial charge is 0.469 e. The van der Waals surface area contributed by atoms with Crippen molar-refractivity contribution < 1.29 is 19.0 Å². The SMILES string of the molecule is COC(=O)CCC1C[C@]2(CI)O[C@@H](C[C@@H](C)C#N)CC[C@]2(C)O1. The quantitative estimate of drug-likeness (QED) is 0.364. The molecule has 2 rings (SSSR count). The van der Waals surface area contributed by atoms with E-state index in [0.29, 0.717) is 12.8 Å². The lowest BCUT2D eigenvalue weighted by Gasteiger charge is -2.48. The van der Waals surface area contributed by atoms with Gasteiger partial charge in [-0.3, -0.25) is 4.79 Å². The highest BCUT2D eigenvalue weighted by Gasteiger charge is 2.60. The average Bonchev–Trinajstić information content (AvgIpc) is 2.84. The molecule has 0 spiro atoms. The number of esters is 1. The van der Waals surface area contributed by atoms with Gasteiger partial charge in [-0.25, -0.2) is 0 Å². The fraction of sp³-hybridized carbons (Fsp3) is 0.882. The average molecular weight is 435 g/mol. The number of alkyl halides is 1. The summed E-state index contributed by atoms with van der Waals surface area (Å²) in [6.07, 6.45) is 4.64. The molecule has 0 N–H and O–H groups in total. The lowest BCUT2D eigenvalue weighted by molar-refractivity contribution is -0.203. The van der Waals surface area contributed by atoms with Crippen molar-refractivity contribution in [1.82, 2.24) is 0 Å². The van der Waals surface area contributed by atoms with Crippen molar-refractivity contribution in [2.24, 2.45) is 5.92 Å². The molecule has 0 aliphatic carbocycles. The number of rotatable bonds is 6. The van der Waals surface area contributed by atoms with E-state index in [4.69, 9.17) is 19.5 Å². The van der Waals surface area contributed by atoms with Gasteiger partial charge in [0.2, 0.25) is 0 Å². The molecule has 0 bridgehead atoms. The van der Waals surface area contributed by atoms with Crippen molar-refractivity contribution in [2.75, 3.05) is 11.5 Å². The number of ether oxygens (including phenoxy) is 3. The zero-order valence-electron chi connectivity index (χ0n) is 14.1. The van der Waals surface area contributed by atoms with Gasteiger partial charge in [0.15, 0.2) is 0 Å². The summed E-state index contributed by atoms with van der Waals surface area (Å²) >= 11 is 2.38. The molecule has 2 saturated heterocycles. The number of methoxy groups -OCH3 is 1. The van der Waals surface area contributed by atoms with E-state index in [9.17, 15) is 4.79 Å². The molecule has 130 valence electrons. The third-order valence-corrected chi connectivity index (χ3v) is 6.47. The minimum absolute atomic E-state index is 0.00746. The van der Waals surface area contributed by atoms with Crippen molar-refractivity contribution in [3.8, 4) is 6.07 Å². The molecule has 2 aliphatic rings. The topological polar surface area (TPSA) is 68.5 Å². The molecule has 23 heavy (non-hydrogen) atoms. The Morgan fingerprint density at radius 2 is 2.22 bits per heavy atom. The summed E-state index contributed by atoms with van der Waals surface area (Å²) in [5.74, 6) is -0.188. The lowest BCUT2D eigenvalue weighted by atomic mass is 9.77. The first-order chi connectivity index (χ1) is 10.9. The van der Waals surface area contributed by atoms with E-state index >= 15 is 0 Å². The number of nitriles is 1. The Hall–Kier alpha value is -0.390. The maximum atomic E-state index is 11.4. The molecule has 0 aromatic rings. The van der Waals surface area contributed by atoms with Crippen LogP contribution in [0.4, 0.5) is 0 Å². The van der Waals surface area contributed by atoms with Gasteiger partial charge in [0.1, 0.15) is 5.60 Å². The summed E-state index contributed by atoms with van der Waals surface area (Å²) in [5, 5.41) is 9.04. The van der Waals surface area contributed by atoms with Gasteiger partial charge < -0.3 is 14.2 Å². The van der Waals surface area contributed by atoms with Crippen LogP contribution < -0.4 is 0 Å². The maximum absolute atomic E-state index is 11.4. The summed E-state index contributed by atoms with van der Waals surface area (Å²) in [6.45, 7) is 4.08. The number of carbonyl (C=O) groups is 1. The van der Waals surface area contributed by atoms with E-state index in [-0.39, 0.29) is 35.3 Å². The Kier molecular flexibility index (Phi) is 6.31. The van der Waals surface area contributed by atoms with Gasteiger partial charge in [0.25, 0.3) is 0 Å². The van der Waals surface area contributed by atoms with Crippen LogP contribution in [0.5, 0.6) is 0 Å². The van der Waals surface area contributed by atoms with Crippen LogP contribution in [-0.4, -0.2) is 40.9 Å². The zero-order valence-corrected chi connectivity index (χ0v) is 16.3. The van der Waals surface area contributed by atoms with Crippen LogP contribution in [0.25, 0.3) is 0 Å². The maximum Gasteiger partial charge on any atom is 0.305 e. The molecule has 0 amide bonds. The van der Waals surface area contributed by atoms with Gasteiger partial charge in [0, 0.05) is 23.2 Å². The monoisotopic (exact) mass is 435 g/mol. The van der Waals surface area contributed by atoms with E-state index in [1.807, 2.05) is 6.92 Å². The summed E-state index contributed by atoms with van der Waals surface area (Å²) in [7, 11) is 1.41.